The molecule has 2 aromatic carbocycles. The molecule has 1 fully saturated rings. The Morgan fingerprint density at radius 2 is 1.73 bits per heavy atom. The van der Waals surface area contributed by atoms with E-state index >= 15 is 0 Å². The normalized spacial score (nSPS) is 20.5. The highest BCUT2D eigenvalue weighted by Gasteiger charge is 2.46. The van der Waals surface area contributed by atoms with Crippen LogP contribution in [-0.4, -0.2) is 44.3 Å². The molecule has 4 heteroatoms. The third-order valence-electron chi connectivity index (χ3n) is 6.60. The SMILES string of the molecule is CN=C(CN(C(=O)[C@H]1C[C@@H]1c1ccc(C)cc1)c1ccc2c(c1)CCCC2)N(C)C. The smallest absolute Gasteiger partial charge is 0.231 e. The van der Waals surface area contributed by atoms with Crippen molar-refractivity contribution in [2.24, 2.45) is 10.9 Å². The summed E-state index contributed by atoms with van der Waals surface area (Å²) in [5.74, 6) is 1.52. The van der Waals surface area contributed by atoms with Gasteiger partial charge in [-0.15, -0.1) is 0 Å². The van der Waals surface area contributed by atoms with E-state index in [9.17, 15) is 4.79 Å². The number of rotatable bonds is 5. The molecule has 2 aliphatic rings. The van der Waals surface area contributed by atoms with E-state index in [1.54, 1.807) is 7.05 Å². The van der Waals surface area contributed by atoms with Gasteiger partial charge in [0, 0.05) is 32.7 Å². The summed E-state index contributed by atoms with van der Waals surface area (Å²) in [6.45, 7) is 2.61. The van der Waals surface area contributed by atoms with Gasteiger partial charge in [0.1, 0.15) is 5.84 Å². The molecule has 0 radical (unpaired) electrons. The lowest BCUT2D eigenvalue weighted by Gasteiger charge is -2.28. The monoisotopic (exact) mass is 403 g/mol. The van der Waals surface area contributed by atoms with Gasteiger partial charge in [0.2, 0.25) is 5.91 Å². The first-order chi connectivity index (χ1) is 14.5. The van der Waals surface area contributed by atoms with Crippen LogP contribution in [0.4, 0.5) is 5.69 Å². The lowest BCUT2D eigenvalue weighted by molar-refractivity contribution is -0.119. The summed E-state index contributed by atoms with van der Waals surface area (Å²) in [7, 11) is 5.78. The van der Waals surface area contributed by atoms with Crippen LogP contribution in [0.15, 0.2) is 47.5 Å². The fraction of sp³-hybridized carbons (Fsp3) is 0.462. The first-order valence-electron chi connectivity index (χ1n) is 11.1. The zero-order valence-electron chi connectivity index (χ0n) is 18.7. The third-order valence-corrected chi connectivity index (χ3v) is 6.60. The van der Waals surface area contributed by atoms with Crippen LogP contribution in [0, 0.1) is 12.8 Å². The summed E-state index contributed by atoms with van der Waals surface area (Å²) in [4.78, 5) is 22.1. The van der Waals surface area contributed by atoms with Gasteiger partial charge in [-0.25, -0.2) is 0 Å². The fourth-order valence-corrected chi connectivity index (χ4v) is 4.59. The summed E-state index contributed by atoms with van der Waals surface area (Å²) >= 11 is 0. The number of aliphatic imine (C=N–C) groups is 1. The van der Waals surface area contributed by atoms with E-state index in [2.05, 4.69) is 54.4 Å². The number of likely N-dealkylation sites (N-methyl/N-ethyl adjacent to an activating group) is 1. The molecule has 4 nitrogen and oxygen atoms in total. The molecule has 4 rings (SSSR count). The molecule has 2 aliphatic carbocycles. The summed E-state index contributed by atoms with van der Waals surface area (Å²) in [6.07, 6.45) is 5.71. The Morgan fingerprint density at radius 1 is 1.03 bits per heavy atom. The number of hydrogen-bond acceptors (Lipinski definition) is 2. The Balaban J connectivity index is 1.60. The van der Waals surface area contributed by atoms with Crippen LogP contribution < -0.4 is 4.90 Å². The quantitative estimate of drug-likeness (QED) is 0.540. The van der Waals surface area contributed by atoms with Gasteiger partial charge in [-0.05, 0) is 73.8 Å². The van der Waals surface area contributed by atoms with Crippen molar-refractivity contribution in [1.82, 2.24) is 4.90 Å². The van der Waals surface area contributed by atoms with Gasteiger partial charge in [0.25, 0.3) is 0 Å². The number of hydrogen-bond donors (Lipinski definition) is 0. The summed E-state index contributed by atoms with van der Waals surface area (Å²) in [5, 5.41) is 0. The van der Waals surface area contributed by atoms with E-state index in [0.29, 0.717) is 12.5 Å². The Kier molecular flexibility index (Phi) is 5.94. The Hall–Kier alpha value is -2.62. The number of amidine groups is 1. The van der Waals surface area contributed by atoms with Crippen LogP contribution in [0.5, 0.6) is 0 Å². The molecule has 0 N–H and O–H groups in total. The van der Waals surface area contributed by atoms with Crippen molar-refractivity contribution in [2.45, 2.75) is 44.9 Å². The molecule has 2 atom stereocenters. The van der Waals surface area contributed by atoms with Gasteiger partial charge in [-0.2, -0.15) is 0 Å². The second-order valence-electron chi connectivity index (χ2n) is 8.98. The highest BCUT2D eigenvalue weighted by atomic mass is 16.2. The maximum Gasteiger partial charge on any atom is 0.231 e. The predicted molar refractivity (Wildman–Crippen MR) is 125 cm³/mol. The number of benzene rings is 2. The first kappa shape index (κ1) is 20.6. The molecule has 0 aromatic heterocycles. The van der Waals surface area contributed by atoms with Gasteiger partial charge < -0.3 is 9.80 Å². The van der Waals surface area contributed by atoms with Crippen molar-refractivity contribution in [3.05, 3.63) is 64.7 Å². The fourth-order valence-electron chi connectivity index (χ4n) is 4.59. The molecule has 0 saturated heterocycles. The minimum Gasteiger partial charge on any atom is -0.365 e. The molecular formula is C26H33N3O. The van der Waals surface area contributed by atoms with Gasteiger partial charge in [-0.1, -0.05) is 35.9 Å². The largest absolute Gasteiger partial charge is 0.365 e. The van der Waals surface area contributed by atoms with E-state index in [1.807, 2.05) is 23.9 Å². The minimum absolute atomic E-state index is 0.0593. The van der Waals surface area contributed by atoms with Crippen molar-refractivity contribution in [2.75, 3.05) is 32.6 Å². The second kappa shape index (κ2) is 8.63. The van der Waals surface area contributed by atoms with E-state index in [1.165, 1.54) is 35.1 Å². The number of carbonyl (C=O) groups is 1. The van der Waals surface area contributed by atoms with E-state index in [-0.39, 0.29) is 11.8 Å². The van der Waals surface area contributed by atoms with Crippen LogP contribution in [0.3, 0.4) is 0 Å². The topological polar surface area (TPSA) is 35.9 Å². The van der Waals surface area contributed by atoms with Gasteiger partial charge >= 0.3 is 0 Å². The molecule has 0 heterocycles. The lowest BCUT2D eigenvalue weighted by atomic mass is 9.91. The molecular weight excluding hydrogens is 370 g/mol. The molecule has 1 amide bonds. The van der Waals surface area contributed by atoms with Gasteiger partial charge in [-0.3, -0.25) is 9.79 Å². The maximum atomic E-state index is 13.7. The predicted octanol–water partition coefficient (Wildman–Crippen LogP) is 4.60. The van der Waals surface area contributed by atoms with Crippen LogP contribution in [-0.2, 0) is 17.6 Å². The average Bonchev–Trinajstić information content (AvgIpc) is 3.55. The zero-order chi connectivity index (χ0) is 21.3. The van der Waals surface area contributed by atoms with Crippen molar-refractivity contribution < 1.29 is 4.79 Å². The molecule has 2 aromatic rings. The summed E-state index contributed by atoms with van der Waals surface area (Å²) < 4.78 is 0. The van der Waals surface area contributed by atoms with E-state index < -0.39 is 0 Å². The maximum absolute atomic E-state index is 13.7. The van der Waals surface area contributed by atoms with E-state index in [4.69, 9.17) is 0 Å². The number of nitrogens with zero attached hydrogens (tertiary/aromatic N) is 3. The van der Waals surface area contributed by atoms with Gasteiger partial charge in [0.05, 0.1) is 6.54 Å². The van der Waals surface area contributed by atoms with Crippen LogP contribution in [0.2, 0.25) is 0 Å². The summed E-state index contributed by atoms with van der Waals surface area (Å²) in [5.41, 5.74) is 6.40. The van der Waals surface area contributed by atoms with Crippen molar-refractivity contribution >= 4 is 17.4 Å². The molecule has 0 spiro atoms. The van der Waals surface area contributed by atoms with E-state index in [0.717, 1.165) is 30.8 Å². The van der Waals surface area contributed by atoms with Crippen LogP contribution in [0.1, 0.15) is 47.4 Å². The molecule has 158 valence electrons. The second-order valence-corrected chi connectivity index (χ2v) is 8.98. The molecule has 0 aliphatic heterocycles. The standard InChI is InChI=1S/C26H33N3O/c1-18-9-11-20(12-10-18)23-16-24(23)26(30)29(17-25(27-2)28(3)4)22-14-13-19-7-5-6-8-21(19)15-22/h9-15,23-24H,5-8,16-17H2,1-4H3/t23-,24+/m1/s1. The highest BCUT2D eigenvalue weighted by molar-refractivity contribution is 6.02. The lowest BCUT2D eigenvalue weighted by Crippen LogP contribution is -2.41. The molecule has 0 unspecified atom stereocenters. The number of carbonyl (C=O) groups excluding carboxylic acids is 1. The van der Waals surface area contributed by atoms with Crippen molar-refractivity contribution in [3.63, 3.8) is 0 Å². The summed E-state index contributed by atoms with van der Waals surface area (Å²) in [6, 6.07) is 15.2. The number of amides is 1. The first-order valence-corrected chi connectivity index (χ1v) is 11.1. The Labute approximate surface area is 180 Å². The van der Waals surface area contributed by atoms with Crippen molar-refractivity contribution in [1.29, 1.82) is 0 Å². The third kappa shape index (κ3) is 4.28. The van der Waals surface area contributed by atoms with Gasteiger partial charge in [0.15, 0.2) is 0 Å². The number of aryl methyl sites for hydroxylation is 3. The number of anilines is 1. The minimum atomic E-state index is 0.0593. The number of fused-ring (bicyclic) bond motifs is 1. The molecule has 1 saturated carbocycles. The average molecular weight is 404 g/mol. The van der Waals surface area contributed by atoms with Crippen LogP contribution in [0.25, 0.3) is 0 Å². The molecule has 0 bridgehead atoms. The van der Waals surface area contributed by atoms with Crippen LogP contribution >= 0.6 is 0 Å². The zero-order valence-corrected chi connectivity index (χ0v) is 18.7. The molecule has 30 heavy (non-hydrogen) atoms. The van der Waals surface area contributed by atoms with Crippen molar-refractivity contribution in [3.8, 4) is 0 Å². The Bertz CT molecular complexity index is 945. The Morgan fingerprint density at radius 3 is 2.40 bits per heavy atom. The highest BCUT2D eigenvalue weighted by Crippen LogP contribution is 2.49.